The fourth-order valence-electron chi connectivity index (χ4n) is 2.04. The molecule has 1 aromatic rings. The average molecular weight is 247 g/mol. The molecule has 0 spiro atoms. The Hall–Kier alpha value is -1.51. The number of hydrogen-bond acceptors (Lipinski definition) is 2. The normalized spacial score (nSPS) is 15.4. The molecule has 18 heavy (non-hydrogen) atoms. The largest absolute Gasteiger partial charge is 0.294 e. The predicted molar refractivity (Wildman–Crippen MR) is 71.4 cm³/mol. The van der Waals surface area contributed by atoms with E-state index >= 15 is 0 Å². The highest BCUT2D eigenvalue weighted by Crippen LogP contribution is 2.34. The summed E-state index contributed by atoms with van der Waals surface area (Å²) in [5.41, 5.74) is 2.07. The number of fused-ring (bicyclic) bond motifs is 1. The van der Waals surface area contributed by atoms with Crippen LogP contribution >= 0.6 is 0 Å². The summed E-state index contributed by atoms with van der Waals surface area (Å²) in [6, 6.07) is 3.28. The Bertz CT molecular complexity index is 538. The monoisotopic (exact) mass is 247 g/mol. The molecule has 1 aliphatic heterocycles. The van der Waals surface area contributed by atoms with Gasteiger partial charge < -0.3 is 0 Å². The molecule has 3 heteroatoms. The van der Waals surface area contributed by atoms with Gasteiger partial charge >= 0.3 is 0 Å². The van der Waals surface area contributed by atoms with Crippen molar-refractivity contribution < 1.29 is 9.18 Å². The van der Waals surface area contributed by atoms with Crippen molar-refractivity contribution in [2.24, 2.45) is 4.99 Å². The Labute approximate surface area is 107 Å². The van der Waals surface area contributed by atoms with Crippen molar-refractivity contribution in [3.63, 3.8) is 0 Å². The van der Waals surface area contributed by atoms with Crippen LogP contribution < -0.4 is 0 Å². The number of nitrogens with zero attached hydrogens (tertiary/aromatic N) is 1. The number of halogens is 1. The highest BCUT2D eigenvalue weighted by Gasteiger charge is 2.25. The van der Waals surface area contributed by atoms with E-state index in [4.69, 9.17) is 0 Å². The summed E-state index contributed by atoms with van der Waals surface area (Å²) in [6.07, 6.45) is 1.00. The fraction of sp³-hybridized carbons (Fsp3) is 0.467. The van der Waals surface area contributed by atoms with Crippen LogP contribution in [-0.4, -0.2) is 11.5 Å². The Kier molecular flexibility index (Phi) is 3.09. The van der Waals surface area contributed by atoms with Crippen LogP contribution in [0.2, 0.25) is 0 Å². The maximum Gasteiger partial charge on any atom is 0.170 e. The number of Topliss-reactive ketones (excluding diaryl/α,β-unsaturated/α-hetero) is 1. The molecule has 0 amide bonds. The summed E-state index contributed by atoms with van der Waals surface area (Å²) in [5.74, 6) is -0.418. The Morgan fingerprint density at radius 3 is 2.56 bits per heavy atom. The van der Waals surface area contributed by atoms with Gasteiger partial charge in [-0.3, -0.25) is 9.79 Å². The number of ketones is 1. The van der Waals surface area contributed by atoms with E-state index in [1.807, 2.05) is 27.7 Å². The van der Waals surface area contributed by atoms with Crippen molar-refractivity contribution in [3.8, 4) is 0 Å². The van der Waals surface area contributed by atoms with Gasteiger partial charge in [0.05, 0.1) is 0 Å². The zero-order valence-corrected chi connectivity index (χ0v) is 11.3. The highest BCUT2D eigenvalue weighted by molar-refractivity contribution is 6.15. The molecule has 96 valence electrons. The summed E-state index contributed by atoms with van der Waals surface area (Å²) >= 11 is 0. The van der Waals surface area contributed by atoms with Crippen molar-refractivity contribution in [1.82, 2.24) is 0 Å². The van der Waals surface area contributed by atoms with Crippen LogP contribution in [0.4, 0.5) is 10.1 Å². The van der Waals surface area contributed by atoms with Crippen molar-refractivity contribution in [2.75, 3.05) is 0 Å². The Morgan fingerprint density at radius 2 is 2.00 bits per heavy atom. The number of rotatable bonds is 1. The Balaban J connectivity index is 2.63. The second-order valence-electron chi connectivity index (χ2n) is 5.74. The van der Waals surface area contributed by atoms with Crippen LogP contribution in [0.5, 0.6) is 0 Å². The smallest absolute Gasteiger partial charge is 0.170 e. The van der Waals surface area contributed by atoms with Crippen LogP contribution in [0, 0.1) is 5.82 Å². The standard InChI is InChI=1S/C15H18FNO/c1-5-10-8-13(18)11-6-9(15(2,3)4)7-12(16)14(11)17-10/h6-7H,5,8H2,1-4H3. The minimum absolute atomic E-state index is 0.0261. The first-order chi connectivity index (χ1) is 8.32. The molecule has 1 heterocycles. The summed E-state index contributed by atoms with van der Waals surface area (Å²) in [4.78, 5) is 16.3. The van der Waals surface area contributed by atoms with E-state index in [1.165, 1.54) is 6.07 Å². The lowest BCUT2D eigenvalue weighted by Gasteiger charge is -2.22. The first kappa shape index (κ1) is 12.9. The second-order valence-corrected chi connectivity index (χ2v) is 5.74. The topological polar surface area (TPSA) is 29.4 Å². The molecule has 0 atom stereocenters. The molecule has 0 aliphatic carbocycles. The molecule has 0 unspecified atom stereocenters. The number of aliphatic imine (C=N–C) groups is 1. The molecule has 2 nitrogen and oxygen atoms in total. The second kappa shape index (κ2) is 4.30. The molecule has 0 saturated heterocycles. The number of carbonyl (C=O) groups excluding carboxylic acids is 1. The van der Waals surface area contributed by atoms with Gasteiger partial charge in [0.15, 0.2) is 5.78 Å². The molecule has 1 aromatic carbocycles. The van der Waals surface area contributed by atoms with Crippen LogP contribution in [0.25, 0.3) is 0 Å². The average Bonchev–Trinajstić information content (AvgIpc) is 2.28. The third-order valence-electron chi connectivity index (χ3n) is 3.27. The van der Waals surface area contributed by atoms with Gasteiger partial charge in [-0.05, 0) is 29.5 Å². The minimum atomic E-state index is -0.392. The lowest BCUT2D eigenvalue weighted by molar-refractivity contribution is 0.0998. The fourth-order valence-corrected chi connectivity index (χ4v) is 2.04. The van der Waals surface area contributed by atoms with E-state index in [9.17, 15) is 9.18 Å². The van der Waals surface area contributed by atoms with Crippen molar-refractivity contribution in [1.29, 1.82) is 0 Å². The molecule has 0 aromatic heterocycles. The van der Waals surface area contributed by atoms with Gasteiger partial charge in [0.1, 0.15) is 11.5 Å². The van der Waals surface area contributed by atoms with E-state index in [2.05, 4.69) is 4.99 Å². The summed E-state index contributed by atoms with van der Waals surface area (Å²) in [7, 11) is 0. The Morgan fingerprint density at radius 1 is 1.33 bits per heavy atom. The van der Waals surface area contributed by atoms with E-state index < -0.39 is 5.82 Å². The van der Waals surface area contributed by atoms with Gasteiger partial charge in [-0.25, -0.2) is 4.39 Å². The first-order valence-electron chi connectivity index (χ1n) is 6.26. The third kappa shape index (κ3) is 2.22. The SMILES string of the molecule is CCC1=Nc2c(F)cc(C(C)(C)C)cc2C(=O)C1. The van der Waals surface area contributed by atoms with Crippen molar-refractivity contribution in [3.05, 3.63) is 29.1 Å². The zero-order chi connectivity index (χ0) is 13.5. The van der Waals surface area contributed by atoms with Gasteiger partial charge in [0, 0.05) is 17.7 Å². The van der Waals surface area contributed by atoms with Gasteiger partial charge in [0.25, 0.3) is 0 Å². The molecule has 0 fully saturated rings. The molecule has 0 radical (unpaired) electrons. The molecular formula is C15H18FNO. The zero-order valence-electron chi connectivity index (χ0n) is 11.3. The van der Waals surface area contributed by atoms with Crippen LogP contribution in [0.3, 0.4) is 0 Å². The van der Waals surface area contributed by atoms with Crippen LogP contribution in [0.1, 0.15) is 56.5 Å². The van der Waals surface area contributed by atoms with Gasteiger partial charge in [-0.2, -0.15) is 0 Å². The lowest BCUT2D eigenvalue weighted by Crippen LogP contribution is -2.17. The van der Waals surface area contributed by atoms with Crippen molar-refractivity contribution in [2.45, 2.75) is 46.0 Å². The molecular weight excluding hydrogens is 229 g/mol. The highest BCUT2D eigenvalue weighted by atomic mass is 19.1. The summed E-state index contributed by atoms with van der Waals surface area (Å²) in [5, 5.41) is 0. The molecule has 2 rings (SSSR count). The van der Waals surface area contributed by atoms with E-state index in [1.54, 1.807) is 6.07 Å². The van der Waals surface area contributed by atoms with Gasteiger partial charge in [0.2, 0.25) is 0 Å². The quantitative estimate of drug-likeness (QED) is 0.731. The third-order valence-corrected chi connectivity index (χ3v) is 3.27. The lowest BCUT2D eigenvalue weighted by atomic mass is 9.84. The van der Waals surface area contributed by atoms with E-state index in [0.29, 0.717) is 18.4 Å². The summed E-state index contributed by atoms with van der Waals surface area (Å²) in [6.45, 7) is 7.94. The minimum Gasteiger partial charge on any atom is -0.294 e. The van der Waals surface area contributed by atoms with E-state index in [0.717, 1.165) is 11.3 Å². The summed E-state index contributed by atoms with van der Waals surface area (Å²) < 4.78 is 14.1. The molecule has 1 aliphatic rings. The predicted octanol–water partition coefficient (Wildman–Crippen LogP) is 4.19. The van der Waals surface area contributed by atoms with Crippen LogP contribution in [-0.2, 0) is 5.41 Å². The van der Waals surface area contributed by atoms with Gasteiger partial charge in [-0.1, -0.05) is 27.7 Å². The first-order valence-corrected chi connectivity index (χ1v) is 6.26. The van der Waals surface area contributed by atoms with Crippen molar-refractivity contribution >= 4 is 17.2 Å². The number of benzene rings is 1. The molecule has 0 bridgehead atoms. The van der Waals surface area contributed by atoms with Gasteiger partial charge in [-0.15, -0.1) is 0 Å². The maximum absolute atomic E-state index is 14.1. The number of carbonyl (C=O) groups is 1. The molecule has 0 N–H and O–H groups in total. The molecule has 0 saturated carbocycles. The maximum atomic E-state index is 14.1. The van der Waals surface area contributed by atoms with Crippen LogP contribution in [0.15, 0.2) is 17.1 Å². The van der Waals surface area contributed by atoms with E-state index in [-0.39, 0.29) is 16.9 Å². The number of hydrogen-bond donors (Lipinski definition) is 0.